The normalized spacial score (nSPS) is 14.6. The Morgan fingerprint density at radius 1 is 1.57 bits per heavy atom. The van der Waals surface area contributed by atoms with E-state index in [1.807, 2.05) is 20.8 Å². The molecule has 0 aromatic carbocycles. The summed E-state index contributed by atoms with van der Waals surface area (Å²) in [4.78, 5) is 13.8. The van der Waals surface area contributed by atoms with Crippen LogP contribution < -0.4 is 5.73 Å². The van der Waals surface area contributed by atoms with Crippen LogP contribution in [0.4, 0.5) is 0 Å². The number of carbonyl (C=O) groups is 1. The Morgan fingerprint density at radius 3 is 2.43 bits per heavy atom. The monoisotopic (exact) mass is 198 g/mol. The van der Waals surface area contributed by atoms with Crippen molar-refractivity contribution < 1.29 is 4.79 Å². The van der Waals surface area contributed by atoms with E-state index in [1.165, 1.54) is 0 Å². The van der Waals surface area contributed by atoms with Crippen LogP contribution in [0.1, 0.15) is 27.2 Å². The van der Waals surface area contributed by atoms with E-state index in [0.717, 1.165) is 6.42 Å². The molecule has 2 N–H and O–H groups in total. The van der Waals surface area contributed by atoms with Crippen LogP contribution in [-0.2, 0) is 4.79 Å². The molecule has 1 amide bonds. The molecule has 1 atom stereocenters. The van der Waals surface area contributed by atoms with Crippen molar-refractivity contribution in [1.82, 2.24) is 4.90 Å². The molecule has 14 heavy (non-hydrogen) atoms. The lowest BCUT2D eigenvalue weighted by atomic mass is 9.86. The predicted octanol–water partition coefficient (Wildman–Crippen LogP) is 1.40. The fourth-order valence-electron chi connectivity index (χ4n) is 1.28. The van der Waals surface area contributed by atoms with Gasteiger partial charge >= 0.3 is 0 Å². The van der Waals surface area contributed by atoms with Crippen LogP contribution in [-0.4, -0.2) is 30.4 Å². The number of nitrogens with zero attached hydrogens (tertiary/aromatic N) is 1. The lowest BCUT2D eigenvalue weighted by Crippen LogP contribution is -2.46. The summed E-state index contributed by atoms with van der Waals surface area (Å²) in [5.74, 6) is 0.130. The van der Waals surface area contributed by atoms with Crippen LogP contribution in [0.2, 0.25) is 0 Å². The minimum Gasteiger partial charge on any atom is -0.339 e. The summed E-state index contributed by atoms with van der Waals surface area (Å²) in [6.07, 6.45) is 2.52. The number of carbonyl (C=O) groups excluding carboxylic acids is 1. The zero-order chi connectivity index (χ0) is 11.2. The highest BCUT2D eigenvalue weighted by Crippen LogP contribution is 2.22. The molecule has 1 unspecified atom stereocenters. The summed E-state index contributed by atoms with van der Waals surface area (Å²) in [6.45, 7) is 11.2. The maximum atomic E-state index is 12.0. The molecule has 3 heteroatoms. The Bertz CT molecular complexity index is 197. The van der Waals surface area contributed by atoms with Crippen LogP contribution in [0.3, 0.4) is 0 Å². The minimum atomic E-state index is -0.418. The molecule has 0 heterocycles. The molecule has 0 aliphatic carbocycles. The van der Waals surface area contributed by atoms with Crippen molar-refractivity contribution in [1.29, 1.82) is 0 Å². The summed E-state index contributed by atoms with van der Waals surface area (Å²) >= 11 is 0. The highest BCUT2D eigenvalue weighted by molar-refractivity contribution is 5.82. The number of nitrogens with two attached hydrogens (primary N) is 1. The smallest absolute Gasteiger partial charge is 0.230 e. The van der Waals surface area contributed by atoms with Crippen LogP contribution in [0.25, 0.3) is 0 Å². The van der Waals surface area contributed by atoms with Gasteiger partial charge in [0.05, 0.1) is 5.41 Å². The van der Waals surface area contributed by atoms with Crippen molar-refractivity contribution in [3.8, 4) is 0 Å². The van der Waals surface area contributed by atoms with Gasteiger partial charge in [0, 0.05) is 19.6 Å². The van der Waals surface area contributed by atoms with Crippen molar-refractivity contribution in [3.63, 3.8) is 0 Å². The standard InChI is InChI=1S/C11H22N2O/c1-5-8-13(7-3)10(14)11(4,6-2)9-12/h5H,1,6-9,12H2,2-4H3. The fourth-order valence-corrected chi connectivity index (χ4v) is 1.28. The summed E-state index contributed by atoms with van der Waals surface area (Å²) < 4.78 is 0. The van der Waals surface area contributed by atoms with E-state index in [1.54, 1.807) is 11.0 Å². The molecule has 3 nitrogen and oxygen atoms in total. The molecule has 0 saturated heterocycles. The number of likely N-dealkylation sites (N-methyl/N-ethyl adjacent to an activating group) is 1. The molecule has 0 aliphatic heterocycles. The zero-order valence-corrected chi connectivity index (χ0v) is 9.55. The molecule has 0 aromatic rings. The average molecular weight is 198 g/mol. The number of hydrogen-bond donors (Lipinski definition) is 1. The molecule has 0 saturated carbocycles. The fraction of sp³-hybridized carbons (Fsp3) is 0.727. The average Bonchev–Trinajstić information content (AvgIpc) is 2.23. The number of hydrogen-bond acceptors (Lipinski definition) is 2. The molecule has 0 fully saturated rings. The summed E-state index contributed by atoms with van der Waals surface area (Å²) in [5.41, 5.74) is 5.22. The Balaban J connectivity index is 4.61. The lowest BCUT2D eigenvalue weighted by molar-refractivity contribution is -0.140. The quantitative estimate of drug-likeness (QED) is 0.656. The summed E-state index contributed by atoms with van der Waals surface area (Å²) in [7, 11) is 0. The maximum Gasteiger partial charge on any atom is 0.230 e. The molecule has 0 bridgehead atoms. The van der Waals surface area contributed by atoms with Gasteiger partial charge in [-0.25, -0.2) is 0 Å². The van der Waals surface area contributed by atoms with Gasteiger partial charge in [-0.1, -0.05) is 13.0 Å². The van der Waals surface area contributed by atoms with E-state index in [2.05, 4.69) is 6.58 Å². The Labute approximate surface area is 87.0 Å². The first-order valence-electron chi connectivity index (χ1n) is 5.16. The van der Waals surface area contributed by atoms with Crippen LogP contribution >= 0.6 is 0 Å². The van der Waals surface area contributed by atoms with Gasteiger partial charge in [-0.05, 0) is 20.3 Å². The Morgan fingerprint density at radius 2 is 2.14 bits per heavy atom. The zero-order valence-electron chi connectivity index (χ0n) is 9.55. The SMILES string of the molecule is C=CCN(CC)C(=O)C(C)(CC)CN. The topological polar surface area (TPSA) is 46.3 Å². The van der Waals surface area contributed by atoms with E-state index in [-0.39, 0.29) is 5.91 Å². The third kappa shape index (κ3) is 2.84. The second-order valence-electron chi connectivity index (χ2n) is 3.75. The molecule has 0 spiro atoms. The highest BCUT2D eigenvalue weighted by atomic mass is 16.2. The van der Waals surface area contributed by atoms with Crippen LogP contribution in [0, 0.1) is 5.41 Å². The van der Waals surface area contributed by atoms with Crippen molar-refractivity contribution in [2.75, 3.05) is 19.6 Å². The summed E-state index contributed by atoms with van der Waals surface area (Å²) in [5, 5.41) is 0. The maximum absolute atomic E-state index is 12.0. The van der Waals surface area contributed by atoms with E-state index in [4.69, 9.17) is 5.73 Å². The third-order valence-corrected chi connectivity index (χ3v) is 2.77. The predicted molar refractivity (Wildman–Crippen MR) is 59.9 cm³/mol. The van der Waals surface area contributed by atoms with Gasteiger partial charge in [-0.15, -0.1) is 6.58 Å². The van der Waals surface area contributed by atoms with Crippen LogP contribution in [0.15, 0.2) is 12.7 Å². The Kier molecular flexibility index (Phi) is 5.46. The van der Waals surface area contributed by atoms with Crippen molar-refractivity contribution in [3.05, 3.63) is 12.7 Å². The third-order valence-electron chi connectivity index (χ3n) is 2.77. The molecule has 0 radical (unpaired) electrons. The van der Waals surface area contributed by atoms with Gasteiger partial charge in [0.25, 0.3) is 0 Å². The second-order valence-corrected chi connectivity index (χ2v) is 3.75. The molecule has 0 rings (SSSR count). The second kappa shape index (κ2) is 5.81. The van der Waals surface area contributed by atoms with E-state index < -0.39 is 5.41 Å². The largest absolute Gasteiger partial charge is 0.339 e. The van der Waals surface area contributed by atoms with Crippen molar-refractivity contribution >= 4 is 5.91 Å². The van der Waals surface area contributed by atoms with Crippen LogP contribution in [0.5, 0.6) is 0 Å². The van der Waals surface area contributed by atoms with Gasteiger partial charge in [0.1, 0.15) is 0 Å². The van der Waals surface area contributed by atoms with Gasteiger partial charge < -0.3 is 10.6 Å². The first kappa shape index (κ1) is 13.2. The summed E-state index contributed by atoms with van der Waals surface area (Å²) in [6, 6.07) is 0. The minimum absolute atomic E-state index is 0.130. The van der Waals surface area contributed by atoms with E-state index >= 15 is 0 Å². The highest BCUT2D eigenvalue weighted by Gasteiger charge is 2.32. The van der Waals surface area contributed by atoms with Gasteiger partial charge in [0.15, 0.2) is 0 Å². The van der Waals surface area contributed by atoms with Gasteiger partial charge in [-0.3, -0.25) is 4.79 Å². The van der Waals surface area contributed by atoms with Gasteiger partial charge in [0.2, 0.25) is 5.91 Å². The molecule has 0 aromatic heterocycles. The lowest BCUT2D eigenvalue weighted by Gasteiger charge is -2.31. The molecule has 0 aliphatic rings. The number of amides is 1. The first-order chi connectivity index (χ1) is 6.55. The Hall–Kier alpha value is -0.830. The molecule has 82 valence electrons. The molecular weight excluding hydrogens is 176 g/mol. The van der Waals surface area contributed by atoms with E-state index in [0.29, 0.717) is 19.6 Å². The molecular formula is C11H22N2O. The van der Waals surface area contributed by atoms with Crippen molar-refractivity contribution in [2.24, 2.45) is 11.1 Å². The number of rotatable bonds is 6. The van der Waals surface area contributed by atoms with Gasteiger partial charge in [-0.2, -0.15) is 0 Å². The van der Waals surface area contributed by atoms with Crippen molar-refractivity contribution in [2.45, 2.75) is 27.2 Å². The first-order valence-corrected chi connectivity index (χ1v) is 5.16. The van der Waals surface area contributed by atoms with E-state index in [9.17, 15) is 4.79 Å².